The van der Waals surface area contributed by atoms with Crippen molar-refractivity contribution >= 4 is 69.8 Å². The monoisotopic (exact) mass is 403 g/mol. The molecular weight excluding hydrogens is 399 g/mol. The van der Waals surface area contributed by atoms with Gasteiger partial charge < -0.3 is 0 Å². The van der Waals surface area contributed by atoms with E-state index in [0.717, 1.165) is 7.45 Å². The van der Waals surface area contributed by atoms with Crippen molar-refractivity contribution in [3.8, 4) is 0 Å². The maximum atomic E-state index is 3.74. The van der Waals surface area contributed by atoms with Gasteiger partial charge in [-0.2, -0.15) is 0 Å². The van der Waals surface area contributed by atoms with Gasteiger partial charge in [0.25, 0.3) is 0 Å². The normalized spacial score (nSPS) is 39.0. The van der Waals surface area contributed by atoms with Gasteiger partial charge in [0.2, 0.25) is 0 Å². The number of rotatable bonds is 0. The summed E-state index contributed by atoms with van der Waals surface area (Å²) >= 11 is 12.5. The van der Waals surface area contributed by atoms with Crippen molar-refractivity contribution in [3.05, 3.63) is 0 Å². The van der Waals surface area contributed by atoms with Crippen molar-refractivity contribution in [1.82, 2.24) is 0 Å². The van der Waals surface area contributed by atoms with Gasteiger partial charge in [0, 0.05) is 0 Å². The van der Waals surface area contributed by atoms with Crippen LogP contribution in [0.1, 0.15) is 0 Å². The van der Waals surface area contributed by atoms with Crippen LogP contribution in [0.5, 0.6) is 0 Å². The van der Waals surface area contributed by atoms with Crippen LogP contribution in [0.15, 0.2) is 0 Å². The summed E-state index contributed by atoms with van der Waals surface area (Å²) in [5.74, 6) is 2.55. The molecule has 1 radical (unpaired) electrons. The fourth-order valence-corrected chi connectivity index (χ4v) is 13.5. The van der Waals surface area contributed by atoms with Crippen LogP contribution in [-0.2, 0) is 0 Å². The average Bonchev–Trinajstić information content (AvgIpc) is 1.83. The molecule has 1 fully saturated rings. The molecule has 1 saturated heterocycles. The van der Waals surface area contributed by atoms with Crippen molar-refractivity contribution in [2.45, 2.75) is 7.45 Å². The van der Waals surface area contributed by atoms with E-state index in [-0.39, 0.29) is 0 Å². The average molecular weight is 405 g/mol. The summed E-state index contributed by atoms with van der Waals surface area (Å²) in [4.78, 5) is 0. The van der Waals surface area contributed by atoms with Gasteiger partial charge in [-0.25, -0.2) is 0 Å². The fourth-order valence-electron chi connectivity index (χ4n) is 0.544. The predicted molar refractivity (Wildman–Crippen MR) is 57.4 cm³/mol. The summed E-state index contributed by atoms with van der Waals surface area (Å²) in [6.07, 6.45) is 0. The molecule has 0 aliphatic carbocycles. The molecule has 1 heterocycles. The second-order valence-corrected chi connectivity index (χ2v) is 15.3. The Hall–Kier alpha value is 2.31. The second kappa shape index (κ2) is 4.36. The summed E-state index contributed by atoms with van der Waals surface area (Å²) in [5, 5.41) is 0. The van der Waals surface area contributed by atoms with E-state index in [1.54, 1.807) is 0 Å². The second-order valence-electron chi connectivity index (χ2n) is 1.67. The van der Waals surface area contributed by atoms with E-state index < -0.39 is 12.1 Å². The molecule has 1 aliphatic rings. The van der Waals surface area contributed by atoms with Crippen molar-refractivity contribution in [3.63, 3.8) is 0 Å². The first-order valence-electron chi connectivity index (χ1n) is 2.46. The Morgan fingerprint density at radius 1 is 1.22 bits per heavy atom. The molecule has 0 saturated carbocycles. The zero-order valence-corrected chi connectivity index (χ0v) is 11.8. The third-order valence-corrected chi connectivity index (χ3v) is 21.4. The number of hydrogen-bond acceptors (Lipinski definition) is 1. The molecule has 0 aromatic carbocycles. The van der Waals surface area contributed by atoms with Crippen LogP contribution in [0.2, 0.25) is 0 Å². The molecule has 0 aromatic rings. The number of alkyl halides is 2. The third-order valence-electron chi connectivity index (χ3n) is 0.986. The van der Waals surface area contributed by atoms with Crippen LogP contribution in [0, 0.1) is 0 Å². The molecule has 55 valence electrons. The Kier molecular flexibility index (Phi) is 4.56. The molecule has 0 nitrogen and oxygen atoms in total. The Labute approximate surface area is 87.7 Å². The van der Waals surface area contributed by atoms with Crippen LogP contribution in [0.4, 0.5) is 0 Å². The van der Waals surface area contributed by atoms with Gasteiger partial charge in [-0.1, -0.05) is 0 Å². The summed E-state index contributed by atoms with van der Waals surface area (Å²) in [6.45, 7) is 0. The SMILES string of the molecule is BrC1CSCC(Br)[Se]1Br. The topological polar surface area (TPSA) is 0 Å². The Bertz CT molecular complexity index is 91.8. The molecule has 0 spiro atoms. The molecule has 9 heavy (non-hydrogen) atoms. The quantitative estimate of drug-likeness (QED) is 0.442. The Morgan fingerprint density at radius 3 is 2.00 bits per heavy atom. The summed E-state index contributed by atoms with van der Waals surface area (Å²) in [6, 6.07) is 0. The van der Waals surface area contributed by atoms with Crippen molar-refractivity contribution in [2.24, 2.45) is 0 Å². The Morgan fingerprint density at radius 2 is 1.67 bits per heavy atom. The zero-order valence-electron chi connectivity index (χ0n) is 4.52. The van der Waals surface area contributed by atoms with E-state index in [1.807, 2.05) is 11.8 Å². The minimum atomic E-state index is -0.532. The van der Waals surface area contributed by atoms with E-state index in [2.05, 4.69) is 46.0 Å². The number of thioether (sulfide) groups is 1. The molecule has 0 amide bonds. The van der Waals surface area contributed by atoms with E-state index >= 15 is 0 Å². The fraction of sp³-hybridized carbons (Fsp3) is 1.00. The summed E-state index contributed by atoms with van der Waals surface area (Å²) in [7, 11) is 0. The van der Waals surface area contributed by atoms with Gasteiger partial charge in [-0.15, -0.1) is 0 Å². The van der Waals surface area contributed by atoms with Gasteiger partial charge in [-0.3, -0.25) is 0 Å². The zero-order chi connectivity index (χ0) is 6.85. The van der Waals surface area contributed by atoms with Crippen LogP contribution >= 0.6 is 57.7 Å². The molecule has 0 N–H and O–H groups in total. The maximum absolute atomic E-state index is 3.74. The minimum absolute atomic E-state index is 0.532. The summed E-state index contributed by atoms with van der Waals surface area (Å²) < 4.78 is 1.50. The molecular formula is C4H6Br3SSe. The van der Waals surface area contributed by atoms with Crippen LogP contribution in [0.3, 0.4) is 0 Å². The Balaban J connectivity index is 2.41. The molecule has 5 heteroatoms. The van der Waals surface area contributed by atoms with Gasteiger partial charge in [0.1, 0.15) is 0 Å². The van der Waals surface area contributed by atoms with Gasteiger partial charge >= 0.3 is 88.8 Å². The van der Waals surface area contributed by atoms with Crippen LogP contribution in [0.25, 0.3) is 0 Å². The first-order chi connectivity index (χ1) is 4.22. The molecule has 2 atom stereocenters. The molecule has 1 rings (SSSR count). The van der Waals surface area contributed by atoms with Gasteiger partial charge in [0.15, 0.2) is 0 Å². The van der Waals surface area contributed by atoms with Crippen LogP contribution in [-0.4, -0.2) is 31.0 Å². The molecule has 0 aromatic heterocycles. The van der Waals surface area contributed by atoms with Crippen LogP contribution < -0.4 is 0 Å². The van der Waals surface area contributed by atoms with Crippen molar-refractivity contribution in [2.75, 3.05) is 11.5 Å². The van der Waals surface area contributed by atoms with E-state index in [4.69, 9.17) is 0 Å². The number of hydrogen-bond donors (Lipinski definition) is 0. The van der Waals surface area contributed by atoms with E-state index in [9.17, 15) is 0 Å². The molecule has 1 aliphatic heterocycles. The van der Waals surface area contributed by atoms with Gasteiger partial charge in [-0.05, 0) is 0 Å². The molecule has 2 unspecified atom stereocenters. The van der Waals surface area contributed by atoms with Crippen molar-refractivity contribution in [1.29, 1.82) is 0 Å². The van der Waals surface area contributed by atoms with Gasteiger partial charge in [0.05, 0.1) is 0 Å². The molecule has 0 bridgehead atoms. The summed E-state index contributed by atoms with van der Waals surface area (Å²) in [5.41, 5.74) is 0. The third kappa shape index (κ3) is 2.68. The number of halogens is 3. The van der Waals surface area contributed by atoms with Crippen molar-refractivity contribution < 1.29 is 0 Å². The predicted octanol–water partition coefficient (Wildman–Crippen LogP) is 2.73. The van der Waals surface area contributed by atoms with E-state index in [0.29, 0.717) is 0 Å². The first-order valence-corrected chi connectivity index (χ1v) is 11.4. The first kappa shape index (κ1) is 9.40. The standard InChI is InChI=1S/C4H6Br3SSe/c5-3-1-8-2-4(6)9(3)7/h3-4H,1-2H2. The van der Waals surface area contributed by atoms with E-state index in [1.165, 1.54) is 11.5 Å².